The summed E-state index contributed by atoms with van der Waals surface area (Å²) in [6.45, 7) is 1.86. The molecule has 0 saturated heterocycles. The highest BCUT2D eigenvalue weighted by Gasteiger charge is 2.17. The van der Waals surface area contributed by atoms with Crippen LogP contribution in [0.4, 0.5) is 25.0 Å². The summed E-state index contributed by atoms with van der Waals surface area (Å²) in [5, 5.41) is 2.45. The monoisotopic (exact) mass is 336 g/mol. The number of nitrogens with one attached hydrogen (secondary N) is 1. The van der Waals surface area contributed by atoms with E-state index in [0.717, 1.165) is 0 Å². The number of carbonyl (C=O) groups excluding carboxylic acids is 1. The number of benzene rings is 2. The van der Waals surface area contributed by atoms with Gasteiger partial charge < -0.3 is 4.74 Å². The predicted molar refractivity (Wildman–Crippen MR) is 87.7 cm³/mol. The molecule has 4 nitrogen and oxygen atoms in total. The Bertz CT molecular complexity index is 645. The van der Waals surface area contributed by atoms with Gasteiger partial charge in [-0.15, -0.1) is 0 Å². The number of anilines is 2. The third kappa shape index (κ3) is 4.46. The lowest BCUT2D eigenvalue weighted by molar-refractivity contribution is 0.158. The number of nitrogens with zero attached hydrogens (tertiary/aromatic N) is 1. The molecule has 2 rings (SSSR count). The maximum absolute atomic E-state index is 13.1. The minimum absolute atomic E-state index is 0.0293. The van der Waals surface area contributed by atoms with Gasteiger partial charge in [0.05, 0.1) is 6.61 Å². The maximum atomic E-state index is 13.1. The number of carbonyl (C=O) groups is 1. The second-order valence-corrected chi connectivity index (χ2v) is 4.83. The molecule has 23 heavy (non-hydrogen) atoms. The Morgan fingerprint density at radius 3 is 1.87 bits per heavy atom. The summed E-state index contributed by atoms with van der Waals surface area (Å²) in [5.74, 6) is -0.811. The summed E-state index contributed by atoms with van der Waals surface area (Å²) in [6.07, 6.45) is -0.702. The molecule has 0 saturated carbocycles. The molecule has 0 aromatic heterocycles. The standard InChI is InChI=1S/C16H14F2N2O2S/c1-2-22-16(21)19-15(23)20(13-7-3-11(17)4-8-13)14-9-5-12(18)6-10-14/h3-10H,2H2,1H3,(H,19,21,23). The van der Waals surface area contributed by atoms with Crippen molar-refractivity contribution in [2.45, 2.75) is 6.92 Å². The molecule has 2 aromatic carbocycles. The van der Waals surface area contributed by atoms with Crippen molar-refractivity contribution in [3.63, 3.8) is 0 Å². The first-order chi connectivity index (χ1) is 11.0. The molecular weight excluding hydrogens is 322 g/mol. The normalized spacial score (nSPS) is 10.0. The lowest BCUT2D eigenvalue weighted by Crippen LogP contribution is -2.40. The fourth-order valence-corrected chi connectivity index (χ4v) is 2.17. The van der Waals surface area contributed by atoms with E-state index in [1.807, 2.05) is 0 Å². The van der Waals surface area contributed by atoms with Crippen LogP contribution < -0.4 is 10.2 Å². The first-order valence-electron chi connectivity index (χ1n) is 6.80. The minimum Gasteiger partial charge on any atom is -0.450 e. The zero-order valence-electron chi connectivity index (χ0n) is 12.3. The van der Waals surface area contributed by atoms with Crippen LogP contribution in [0, 0.1) is 11.6 Å². The number of hydrogen-bond acceptors (Lipinski definition) is 3. The van der Waals surface area contributed by atoms with Crippen molar-refractivity contribution in [3.05, 3.63) is 60.2 Å². The highest BCUT2D eigenvalue weighted by Crippen LogP contribution is 2.26. The van der Waals surface area contributed by atoms with Crippen LogP contribution in [0.15, 0.2) is 48.5 Å². The van der Waals surface area contributed by atoms with Crippen LogP contribution >= 0.6 is 12.2 Å². The van der Waals surface area contributed by atoms with Crippen molar-refractivity contribution in [1.29, 1.82) is 0 Å². The Balaban J connectivity index is 2.34. The molecule has 120 valence electrons. The zero-order chi connectivity index (χ0) is 16.8. The lowest BCUT2D eigenvalue weighted by atomic mass is 10.2. The van der Waals surface area contributed by atoms with Gasteiger partial charge in [-0.2, -0.15) is 0 Å². The van der Waals surface area contributed by atoms with E-state index in [2.05, 4.69) is 5.32 Å². The summed E-state index contributed by atoms with van der Waals surface area (Å²) < 4.78 is 31.0. The van der Waals surface area contributed by atoms with Gasteiger partial charge in [0, 0.05) is 11.4 Å². The van der Waals surface area contributed by atoms with Crippen molar-refractivity contribution in [1.82, 2.24) is 5.32 Å². The summed E-state index contributed by atoms with van der Waals surface area (Å²) in [7, 11) is 0. The van der Waals surface area contributed by atoms with E-state index in [4.69, 9.17) is 17.0 Å². The highest BCUT2D eigenvalue weighted by molar-refractivity contribution is 7.80. The first-order valence-corrected chi connectivity index (χ1v) is 7.21. The van der Waals surface area contributed by atoms with E-state index in [9.17, 15) is 13.6 Å². The number of alkyl carbamates (subject to hydrolysis) is 1. The van der Waals surface area contributed by atoms with Crippen molar-refractivity contribution in [3.8, 4) is 0 Å². The summed E-state index contributed by atoms with van der Waals surface area (Å²) in [6, 6.07) is 11.0. The molecule has 0 atom stereocenters. The van der Waals surface area contributed by atoms with E-state index < -0.39 is 17.7 Å². The summed E-state index contributed by atoms with van der Waals surface area (Å²) in [5.41, 5.74) is 1.03. The van der Waals surface area contributed by atoms with E-state index in [0.29, 0.717) is 11.4 Å². The molecule has 0 bridgehead atoms. The van der Waals surface area contributed by atoms with Gasteiger partial charge in [0.1, 0.15) is 11.6 Å². The zero-order valence-corrected chi connectivity index (χ0v) is 13.1. The summed E-state index contributed by atoms with van der Waals surface area (Å²) in [4.78, 5) is 13.0. The van der Waals surface area contributed by atoms with Gasteiger partial charge in [-0.05, 0) is 67.7 Å². The maximum Gasteiger partial charge on any atom is 0.413 e. The third-order valence-electron chi connectivity index (χ3n) is 2.86. The molecule has 0 fully saturated rings. The molecule has 1 N–H and O–H groups in total. The largest absolute Gasteiger partial charge is 0.450 e. The fraction of sp³-hybridized carbons (Fsp3) is 0.125. The molecule has 0 heterocycles. The van der Waals surface area contributed by atoms with Gasteiger partial charge in [0.25, 0.3) is 0 Å². The Kier molecular flexibility index (Phi) is 5.59. The average Bonchev–Trinajstić information content (AvgIpc) is 2.51. The number of amides is 1. The number of ether oxygens (including phenoxy) is 1. The van der Waals surface area contributed by atoms with Crippen molar-refractivity contribution >= 4 is 34.8 Å². The molecule has 0 spiro atoms. The predicted octanol–water partition coefficient (Wildman–Crippen LogP) is 4.13. The third-order valence-corrected chi connectivity index (χ3v) is 3.14. The smallest absolute Gasteiger partial charge is 0.413 e. The van der Waals surface area contributed by atoms with E-state index in [1.54, 1.807) is 6.92 Å². The quantitative estimate of drug-likeness (QED) is 0.856. The lowest BCUT2D eigenvalue weighted by Gasteiger charge is -2.25. The Labute approximate surface area is 137 Å². The van der Waals surface area contributed by atoms with Crippen LogP contribution in [0.1, 0.15) is 6.92 Å². The van der Waals surface area contributed by atoms with Gasteiger partial charge in [-0.3, -0.25) is 10.2 Å². The highest BCUT2D eigenvalue weighted by atomic mass is 32.1. The Hall–Kier alpha value is -2.54. The molecule has 0 aliphatic carbocycles. The van der Waals surface area contributed by atoms with Gasteiger partial charge >= 0.3 is 6.09 Å². The molecule has 2 aromatic rings. The number of thiocarbonyl (C=S) groups is 1. The minimum atomic E-state index is -0.702. The van der Waals surface area contributed by atoms with Crippen molar-refractivity contribution in [2.75, 3.05) is 11.5 Å². The SMILES string of the molecule is CCOC(=O)NC(=S)N(c1ccc(F)cc1)c1ccc(F)cc1. The van der Waals surface area contributed by atoms with Gasteiger partial charge in [0.15, 0.2) is 5.11 Å². The molecular formula is C16H14F2N2O2S. The van der Waals surface area contributed by atoms with Crippen molar-refractivity contribution < 1.29 is 18.3 Å². The van der Waals surface area contributed by atoms with Crippen LogP contribution in [0.3, 0.4) is 0 Å². The molecule has 0 aliphatic heterocycles. The van der Waals surface area contributed by atoms with Crippen LogP contribution in [0.5, 0.6) is 0 Å². The topological polar surface area (TPSA) is 41.6 Å². The van der Waals surface area contributed by atoms with Crippen LogP contribution in [0.25, 0.3) is 0 Å². The Morgan fingerprint density at radius 2 is 1.48 bits per heavy atom. The van der Waals surface area contributed by atoms with Crippen LogP contribution in [-0.4, -0.2) is 17.8 Å². The number of halogens is 2. The van der Waals surface area contributed by atoms with E-state index in [-0.39, 0.29) is 11.7 Å². The second kappa shape index (κ2) is 7.64. The van der Waals surface area contributed by atoms with Gasteiger partial charge in [-0.1, -0.05) is 0 Å². The van der Waals surface area contributed by atoms with Gasteiger partial charge in [-0.25, -0.2) is 13.6 Å². The average molecular weight is 336 g/mol. The number of hydrogen-bond donors (Lipinski definition) is 1. The van der Waals surface area contributed by atoms with Gasteiger partial charge in [0.2, 0.25) is 0 Å². The molecule has 0 aliphatic rings. The molecule has 0 radical (unpaired) electrons. The van der Waals surface area contributed by atoms with E-state index in [1.165, 1.54) is 53.4 Å². The van der Waals surface area contributed by atoms with Crippen LogP contribution in [-0.2, 0) is 4.74 Å². The first kappa shape index (κ1) is 16.8. The van der Waals surface area contributed by atoms with Crippen molar-refractivity contribution in [2.24, 2.45) is 0 Å². The van der Waals surface area contributed by atoms with E-state index >= 15 is 0 Å². The Morgan fingerprint density at radius 1 is 1.04 bits per heavy atom. The molecule has 1 amide bonds. The second-order valence-electron chi connectivity index (χ2n) is 4.44. The fourth-order valence-electron chi connectivity index (χ4n) is 1.87. The number of rotatable bonds is 3. The molecule has 0 unspecified atom stereocenters. The summed E-state index contributed by atoms with van der Waals surface area (Å²) >= 11 is 5.22. The van der Waals surface area contributed by atoms with Crippen LogP contribution in [0.2, 0.25) is 0 Å². The molecule has 7 heteroatoms.